The molecule has 0 atom stereocenters. The van der Waals surface area contributed by atoms with Gasteiger partial charge in [-0.25, -0.2) is 0 Å². The Kier molecular flexibility index (Phi) is 4.35. The quantitative estimate of drug-likeness (QED) is 0.534. The Morgan fingerprint density at radius 1 is 1.11 bits per heavy atom. The van der Waals surface area contributed by atoms with Crippen molar-refractivity contribution in [3.05, 3.63) is 0 Å². The van der Waals surface area contributed by atoms with Crippen molar-refractivity contribution < 1.29 is 0 Å². The van der Waals surface area contributed by atoms with Crippen LogP contribution < -0.4 is 0 Å². The Morgan fingerprint density at radius 3 is 1.33 bits per heavy atom. The van der Waals surface area contributed by atoms with Gasteiger partial charge in [-0.15, -0.1) is 0 Å². The van der Waals surface area contributed by atoms with Gasteiger partial charge >= 0.3 is 74.8 Å². The van der Waals surface area contributed by atoms with E-state index < -0.39 is 4.64 Å². The van der Waals surface area contributed by atoms with Crippen molar-refractivity contribution >= 4 is 35.8 Å². The van der Waals surface area contributed by atoms with Crippen molar-refractivity contribution in [2.75, 3.05) is 0 Å². The third-order valence-electron chi connectivity index (χ3n) is 1.44. The fraction of sp³-hybridized carbons (Fsp3) is 1.00. The summed E-state index contributed by atoms with van der Waals surface area (Å²) in [5.74, 6) is 0. The van der Waals surface area contributed by atoms with Gasteiger partial charge in [0.1, 0.15) is 0 Å². The third-order valence-corrected chi connectivity index (χ3v) is 14.9. The first-order valence-corrected chi connectivity index (χ1v) is 9.55. The summed E-state index contributed by atoms with van der Waals surface area (Å²) in [4.78, 5) is 0. The molecule has 9 heavy (non-hydrogen) atoms. The molecule has 0 spiro atoms. The molecule has 0 aromatic rings. The molecule has 0 saturated heterocycles. The van der Waals surface area contributed by atoms with E-state index in [0.717, 1.165) is 11.3 Å². The van der Waals surface area contributed by atoms with E-state index in [0.29, 0.717) is 0 Å². The van der Waals surface area contributed by atoms with Crippen LogP contribution in [-0.2, 0) is 0 Å². The first-order valence-electron chi connectivity index (χ1n) is 3.19. The Morgan fingerprint density at radius 2 is 1.33 bits per heavy atom. The zero-order valence-electron chi connectivity index (χ0n) is 6.42. The molecule has 1 radical (unpaired) electrons. The van der Waals surface area contributed by atoms with E-state index in [-0.39, 0.29) is 0 Å². The molecule has 0 fully saturated rings. The van der Waals surface area contributed by atoms with Crippen LogP contribution in [0.15, 0.2) is 0 Å². The van der Waals surface area contributed by atoms with Crippen LogP contribution in [-0.4, -0.2) is 42.5 Å². The molecular formula is C6H14PSe2. The number of hydrogen-bond acceptors (Lipinski definition) is 0. The minimum absolute atomic E-state index is 0.789. The standard InChI is InChI=1S/C6H14PSe2/c1-5(2)7(8,9)6(3)4/h5-6H,1-4H3. The summed E-state index contributed by atoms with van der Waals surface area (Å²) >= 11 is 6.62. The van der Waals surface area contributed by atoms with Crippen molar-refractivity contribution in [2.45, 2.75) is 39.0 Å². The predicted molar refractivity (Wildman–Crippen MR) is 48.7 cm³/mol. The Bertz CT molecular complexity index is 79.1. The van der Waals surface area contributed by atoms with Crippen molar-refractivity contribution in [3.63, 3.8) is 0 Å². The van der Waals surface area contributed by atoms with Crippen LogP contribution in [0.4, 0.5) is 0 Å². The molecule has 0 nitrogen and oxygen atoms in total. The van der Waals surface area contributed by atoms with Crippen LogP contribution in [0.3, 0.4) is 0 Å². The van der Waals surface area contributed by atoms with Gasteiger partial charge in [0.2, 0.25) is 0 Å². The van der Waals surface area contributed by atoms with E-state index in [2.05, 4.69) is 58.8 Å². The Balaban J connectivity index is 4.01. The van der Waals surface area contributed by atoms with Crippen LogP contribution in [0.25, 0.3) is 0 Å². The van der Waals surface area contributed by atoms with E-state index >= 15 is 0 Å². The molecule has 0 saturated carbocycles. The average Bonchev–Trinajstić information content (AvgIpc) is 1.65. The summed E-state index contributed by atoms with van der Waals surface area (Å²) in [6.07, 6.45) is 0. The van der Waals surface area contributed by atoms with Gasteiger partial charge in [0.05, 0.1) is 0 Å². The summed E-state index contributed by atoms with van der Waals surface area (Å²) in [6, 6.07) is 0. The number of rotatable bonds is 2. The molecule has 0 unspecified atom stereocenters. The maximum absolute atomic E-state index is 3.31. The van der Waals surface area contributed by atoms with Crippen LogP contribution >= 0.6 is 4.64 Å². The second-order valence-corrected chi connectivity index (χ2v) is 17.3. The second-order valence-electron chi connectivity index (χ2n) is 2.83. The van der Waals surface area contributed by atoms with Crippen molar-refractivity contribution in [1.29, 1.82) is 0 Å². The van der Waals surface area contributed by atoms with Gasteiger partial charge in [0.25, 0.3) is 0 Å². The summed E-state index contributed by atoms with van der Waals surface area (Å²) in [7, 11) is 0. The molecular weight excluding hydrogens is 261 g/mol. The molecule has 0 bridgehead atoms. The summed E-state index contributed by atoms with van der Waals surface area (Å²) in [5, 5.41) is 0. The fourth-order valence-electron chi connectivity index (χ4n) is 0.596. The summed E-state index contributed by atoms with van der Waals surface area (Å²) in [6.45, 7) is 9.11. The first-order chi connectivity index (χ1) is 3.89. The van der Waals surface area contributed by atoms with Gasteiger partial charge in [-0.3, -0.25) is 0 Å². The molecule has 0 N–H and O–H groups in total. The normalized spacial score (nSPS) is 13.3. The van der Waals surface area contributed by atoms with E-state index in [1.807, 2.05) is 0 Å². The fourth-order valence-corrected chi connectivity index (χ4v) is 1.79. The second kappa shape index (κ2) is 3.74. The number of hydrogen-bond donors (Lipinski definition) is 0. The predicted octanol–water partition coefficient (Wildman–Crippen LogP) is 1.99. The van der Waals surface area contributed by atoms with Crippen molar-refractivity contribution in [3.8, 4) is 0 Å². The molecule has 0 aromatic carbocycles. The maximum atomic E-state index is 3.31. The monoisotopic (exact) mass is 277 g/mol. The first kappa shape index (κ1) is 10.5. The topological polar surface area (TPSA) is 0 Å². The molecule has 0 aliphatic heterocycles. The molecule has 0 rings (SSSR count). The van der Waals surface area contributed by atoms with Crippen LogP contribution in [0.2, 0.25) is 0 Å². The van der Waals surface area contributed by atoms with Gasteiger partial charge in [0.15, 0.2) is 0 Å². The molecule has 55 valence electrons. The van der Waals surface area contributed by atoms with Gasteiger partial charge in [-0.1, -0.05) is 0 Å². The van der Waals surface area contributed by atoms with Gasteiger partial charge in [-0.05, 0) is 0 Å². The van der Waals surface area contributed by atoms with Crippen molar-refractivity contribution in [2.24, 2.45) is 0 Å². The molecule has 3 heteroatoms. The SMILES string of the molecule is CC(C)[P+]([Se])([Se-])C(C)C. The molecule has 0 aliphatic carbocycles. The summed E-state index contributed by atoms with van der Waals surface area (Å²) < 4.78 is -0.836. The van der Waals surface area contributed by atoms with E-state index in [4.69, 9.17) is 0 Å². The zero-order valence-corrected chi connectivity index (χ0v) is 10.7. The van der Waals surface area contributed by atoms with Gasteiger partial charge in [-0.2, -0.15) is 0 Å². The summed E-state index contributed by atoms with van der Waals surface area (Å²) in [5.41, 5.74) is 1.58. The van der Waals surface area contributed by atoms with E-state index in [1.165, 1.54) is 0 Å². The molecule has 0 aromatic heterocycles. The van der Waals surface area contributed by atoms with Crippen LogP contribution in [0.5, 0.6) is 0 Å². The molecule has 0 heterocycles. The van der Waals surface area contributed by atoms with Crippen LogP contribution in [0, 0.1) is 0 Å². The van der Waals surface area contributed by atoms with Gasteiger partial charge < -0.3 is 0 Å². The Labute approximate surface area is 74.7 Å². The van der Waals surface area contributed by atoms with E-state index in [1.54, 1.807) is 0 Å². The van der Waals surface area contributed by atoms with E-state index in [9.17, 15) is 0 Å². The third kappa shape index (κ3) is 2.91. The minimum atomic E-state index is -0.836. The molecule has 0 aliphatic rings. The van der Waals surface area contributed by atoms with Gasteiger partial charge in [0, 0.05) is 0 Å². The van der Waals surface area contributed by atoms with Crippen LogP contribution in [0.1, 0.15) is 27.7 Å². The Hall–Kier alpha value is 1.47. The average molecular weight is 275 g/mol. The molecule has 0 amide bonds. The zero-order chi connectivity index (χ0) is 7.65. The van der Waals surface area contributed by atoms with Crippen molar-refractivity contribution in [1.82, 2.24) is 0 Å².